The van der Waals surface area contributed by atoms with Crippen molar-refractivity contribution in [2.45, 2.75) is 31.1 Å². The minimum atomic E-state index is -3.61. The predicted octanol–water partition coefficient (Wildman–Crippen LogP) is 1.40. The smallest absolute Gasteiger partial charge is 0.229 e. The summed E-state index contributed by atoms with van der Waals surface area (Å²) in [5, 5.41) is 0. The molecule has 1 aliphatic rings. The Balaban J connectivity index is 2.25. The summed E-state index contributed by atoms with van der Waals surface area (Å²) in [6, 6.07) is 6.82. The Kier molecular flexibility index (Phi) is 4.21. The van der Waals surface area contributed by atoms with Gasteiger partial charge in [-0.2, -0.15) is 4.31 Å². The van der Waals surface area contributed by atoms with Crippen molar-refractivity contribution in [3.63, 3.8) is 0 Å². The zero-order valence-electron chi connectivity index (χ0n) is 12.5. The molecule has 1 heterocycles. The van der Waals surface area contributed by atoms with Crippen LogP contribution < -0.4 is 0 Å². The Morgan fingerprint density at radius 1 is 1.00 bits per heavy atom. The van der Waals surface area contributed by atoms with Gasteiger partial charge >= 0.3 is 0 Å². The van der Waals surface area contributed by atoms with E-state index in [1.165, 1.54) is 4.31 Å². The molecule has 0 N–H and O–H groups in total. The molecule has 0 atom stereocenters. The molecule has 0 aromatic heterocycles. The van der Waals surface area contributed by atoms with E-state index in [4.69, 9.17) is 0 Å². The summed E-state index contributed by atoms with van der Waals surface area (Å²) >= 11 is 0. The quantitative estimate of drug-likeness (QED) is 0.821. The number of hydrogen-bond donors (Lipinski definition) is 0. The van der Waals surface area contributed by atoms with Gasteiger partial charge in [-0.25, -0.2) is 16.8 Å². The summed E-state index contributed by atoms with van der Waals surface area (Å²) in [7, 11) is -6.70. The van der Waals surface area contributed by atoms with Gasteiger partial charge < -0.3 is 0 Å². The molecule has 0 unspecified atom stereocenters. The molecular weight excluding hydrogens is 310 g/mol. The van der Waals surface area contributed by atoms with E-state index in [2.05, 4.69) is 20.8 Å². The van der Waals surface area contributed by atoms with Gasteiger partial charge in [0.05, 0.1) is 16.4 Å². The summed E-state index contributed by atoms with van der Waals surface area (Å²) in [5.41, 5.74) is 1.02. The lowest BCUT2D eigenvalue weighted by Crippen LogP contribution is -2.43. The van der Waals surface area contributed by atoms with Gasteiger partial charge in [0, 0.05) is 13.1 Å². The second-order valence-corrected chi connectivity index (χ2v) is 10.6. The zero-order valence-corrected chi connectivity index (χ0v) is 14.2. The van der Waals surface area contributed by atoms with Gasteiger partial charge in [0.15, 0.2) is 9.84 Å². The van der Waals surface area contributed by atoms with Gasteiger partial charge in [-0.1, -0.05) is 32.9 Å². The average Bonchev–Trinajstić information content (AvgIpc) is 2.37. The van der Waals surface area contributed by atoms with Crippen LogP contribution in [0.1, 0.15) is 26.3 Å². The topological polar surface area (TPSA) is 71.5 Å². The van der Waals surface area contributed by atoms with Crippen molar-refractivity contribution in [3.8, 4) is 0 Å². The molecule has 118 valence electrons. The van der Waals surface area contributed by atoms with Gasteiger partial charge in [-0.05, 0) is 23.1 Å². The molecule has 1 fully saturated rings. The van der Waals surface area contributed by atoms with Crippen molar-refractivity contribution in [1.82, 2.24) is 4.31 Å². The van der Waals surface area contributed by atoms with Crippen molar-refractivity contribution >= 4 is 19.9 Å². The van der Waals surface area contributed by atoms with Gasteiger partial charge in [0.1, 0.15) is 0 Å². The summed E-state index contributed by atoms with van der Waals surface area (Å²) in [6.45, 7) is 6.25. The fraction of sp³-hybridized carbons (Fsp3) is 0.571. The fourth-order valence-corrected chi connectivity index (χ4v) is 5.09. The van der Waals surface area contributed by atoms with E-state index in [1.54, 1.807) is 12.1 Å². The van der Waals surface area contributed by atoms with Crippen LogP contribution in [0.25, 0.3) is 0 Å². The van der Waals surface area contributed by atoms with E-state index in [0.29, 0.717) is 0 Å². The zero-order chi connectivity index (χ0) is 15.9. The number of benzene rings is 1. The Morgan fingerprint density at radius 3 is 1.90 bits per heavy atom. The molecule has 1 saturated heterocycles. The Morgan fingerprint density at radius 2 is 1.48 bits per heavy atom. The van der Waals surface area contributed by atoms with Crippen molar-refractivity contribution in [2.75, 3.05) is 24.6 Å². The second kappa shape index (κ2) is 5.37. The van der Waals surface area contributed by atoms with Crippen molar-refractivity contribution in [3.05, 3.63) is 29.8 Å². The maximum Gasteiger partial charge on any atom is 0.243 e. The van der Waals surface area contributed by atoms with Crippen molar-refractivity contribution in [2.24, 2.45) is 0 Å². The highest BCUT2D eigenvalue weighted by Crippen LogP contribution is 2.25. The number of rotatable bonds is 2. The van der Waals surface area contributed by atoms with E-state index < -0.39 is 19.9 Å². The molecule has 0 aliphatic carbocycles. The molecule has 5 nitrogen and oxygen atoms in total. The second-order valence-electron chi connectivity index (χ2n) is 6.33. The largest absolute Gasteiger partial charge is 0.243 e. The Labute approximate surface area is 126 Å². The van der Waals surface area contributed by atoms with E-state index in [-0.39, 0.29) is 34.9 Å². The number of nitrogens with zero attached hydrogens (tertiary/aromatic N) is 1. The molecular formula is C14H21NO4S2. The van der Waals surface area contributed by atoms with Crippen LogP contribution in [0.2, 0.25) is 0 Å². The minimum Gasteiger partial charge on any atom is -0.229 e. The first-order valence-corrected chi connectivity index (χ1v) is 10.1. The van der Waals surface area contributed by atoms with E-state index in [9.17, 15) is 16.8 Å². The third-order valence-corrected chi connectivity index (χ3v) is 7.18. The van der Waals surface area contributed by atoms with Crippen LogP contribution in [0.4, 0.5) is 0 Å². The molecule has 0 bridgehead atoms. The van der Waals surface area contributed by atoms with Crippen molar-refractivity contribution < 1.29 is 16.8 Å². The molecule has 1 aliphatic heterocycles. The Bertz CT molecular complexity index is 699. The molecule has 21 heavy (non-hydrogen) atoms. The summed E-state index contributed by atoms with van der Waals surface area (Å²) < 4.78 is 49.0. The maximum atomic E-state index is 12.5. The molecule has 0 saturated carbocycles. The van der Waals surface area contributed by atoms with Crippen LogP contribution in [0.15, 0.2) is 29.2 Å². The minimum absolute atomic E-state index is 0.0334. The van der Waals surface area contributed by atoms with Crippen LogP contribution in [0.3, 0.4) is 0 Å². The highest BCUT2D eigenvalue weighted by molar-refractivity contribution is 7.92. The fourth-order valence-electron chi connectivity index (χ4n) is 2.21. The van der Waals surface area contributed by atoms with Crippen LogP contribution in [-0.4, -0.2) is 45.7 Å². The number of sulfonamides is 1. The summed E-state index contributed by atoms with van der Waals surface area (Å²) in [6.07, 6.45) is 0. The third kappa shape index (κ3) is 3.64. The highest BCUT2D eigenvalue weighted by atomic mass is 32.2. The SMILES string of the molecule is CC(C)(C)c1ccc(S(=O)(=O)N2CCS(=O)(=O)CC2)cc1. The van der Waals surface area contributed by atoms with Crippen LogP contribution in [-0.2, 0) is 25.3 Å². The Hall–Kier alpha value is -0.920. The lowest BCUT2D eigenvalue weighted by atomic mass is 9.87. The van der Waals surface area contributed by atoms with Crippen LogP contribution in [0.5, 0.6) is 0 Å². The van der Waals surface area contributed by atoms with Crippen molar-refractivity contribution in [1.29, 1.82) is 0 Å². The van der Waals surface area contributed by atoms with Gasteiger partial charge in [-0.15, -0.1) is 0 Å². The predicted molar refractivity (Wildman–Crippen MR) is 82.6 cm³/mol. The number of hydrogen-bond acceptors (Lipinski definition) is 4. The normalized spacial score (nSPS) is 20.3. The molecule has 2 rings (SSSR count). The van der Waals surface area contributed by atoms with E-state index in [1.807, 2.05) is 12.1 Å². The summed E-state index contributed by atoms with van der Waals surface area (Å²) in [5.74, 6) is -0.210. The molecule has 0 spiro atoms. The van der Waals surface area contributed by atoms with E-state index >= 15 is 0 Å². The lowest BCUT2D eigenvalue weighted by molar-refractivity contribution is 0.430. The van der Waals surface area contributed by atoms with Gasteiger partial charge in [0.25, 0.3) is 0 Å². The third-order valence-electron chi connectivity index (χ3n) is 3.66. The monoisotopic (exact) mass is 331 g/mol. The first-order chi connectivity index (χ1) is 9.52. The van der Waals surface area contributed by atoms with E-state index in [0.717, 1.165) is 5.56 Å². The van der Waals surface area contributed by atoms with Gasteiger partial charge in [-0.3, -0.25) is 0 Å². The highest BCUT2D eigenvalue weighted by Gasteiger charge is 2.31. The lowest BCUT2D eigenvalue weighted by Gasteiger charge is -2.26. The molecule has 7 heteroatoms. The maximum absolute atomic E-state index is 12.5. The van der Waals surface area contributed by atoms with Crippen LogP contribution in [0, 0.1) is 0 Å². The van der Waals surface area contributed by atoms with Gasteiger partial charge in [0.2, 0.25) is 10.0 Å². The first kappa shape index (κ1) is 16.5. The molecule has 1 aromatic rings. The van der Waals surface area contributed by atoms with Crippen LogP contribution >= 0.6 is 0 Å². The molecule has 1 aromatic carbocycles. The molecule has 0 radical (unpaired) electrons. The molecule has 0 amide bonds. The first-order valence-electron chi connectivity index (χ1n) is 6.83. The summed E-state index contributed by atoms with van der Waals surface area (Å²) in [4.78, 5) is 0.217. The standard InChI is InChI=1S/C14H21NO4S2/c1-14(2,3)12-4-6-13(7-5-12)21(18,19)15-8-10-20(16,17)11-9-15/h4-7H,8-11H2,1-3H3. The average molecular weight is 331 g/mol. The number of sulfone groups is 1.